The number of fused-ring (bicyclic) bond motifs is 1. The number of phenols is 2. The Kier molecular flexibility index (Phi) is 2.18. The highest BCUT2D eigenvalue weighted by atomic mass is 16.5. The number of para-hydroxylation sites is 1. The Morgan fingerprint density at radius 3 is 2.53 bits per heavy atom. The Morgan fingerprint density at radius 2 is 1.76 bits per heavy atom. The highest BCUT2D eigenvalue weighted by Crippen LogP contribution is 2.43. The van der Waals surface area contributed by atoms with Crippen molar-refractivity contribution in [3.8, 4) is 17.2 Å². The van der Waals surface area contributed by atoms with Crippen LogP contribution in [0.5, 0.6) is 17.2 Å². The van der Waals surface area contributed by atoms with Gasteiger partial charge >= 0.3 is 0 Å². The molecule has 0 saturated carbocycles. The van der Waals surface area contributed by atoms with Crippen molar-refractivity contribution in [1.29, 1.82) is 0 Å². The molecule has 0 radical (unpaired) electrons. The van der Waals surface area contributed by atoms with Gasteiger partial charge in [0.15, 0.2) is 11.5 Å². The van der Waals surface area contributed by atoms with E-state index in [4.69, 9.17) is 4.74 Å². The van der Waals surface area contributed by atoms with Crippen molar-refractivity contribution in [2.45, 2.75) is 5.92 Å². The molecule has 0 fully saturated rings. The molecule has 2 aromatic carbocycles. The molecule has 2 N–H and O–H groups in total. The van der Waals surface area contributed by atoms with Gasteiger partial charge in [0.1, 0.15) is 5.75 Å². The summed E-state index contributed by atoms with van der Waals surface area (Å²) in [5, 5.41) is 18.9. The van der Waals surface area contributed by atoms with E-state index in [9.17, 15) is 10.2 Å². The van der Waals surface area contributed by atoms with Crippen molar-refractivity contribution in [3.63, 3.8) is 0 Å². The van der Waals surface area contributed by atoms with Crippen molar-refractivity contribution in [2.75, 3.05) is 6.61 Å². The number of ether oxygens (including phenoxy) is 1. The molecule has 3 heteroatoms. The van der Waals surface area contributed by atoms with E-state index in [-0.39, 0.29) is 17.4 Å². The normalized spacial score (nSPS) is 17.5. The summed E-state index contributed by atoms with van der Waals surface area (Å²) in [5.74, 6) is 1.14. The smallest absolute Gasteiger partial charge is 0.164 e. The minimum absolute atomic E-state index is 0.123. The third-order valence-electron chi connectivity index (χ3n) is 3.09. The van der Waals surface area contributed by atoms with Gasteiger partial charge in [-0.15, -0.1) is 0 Å². The molecule has 1 heterocycles. The average Bonchev–Trinajstić information content (AvgIpc) is 2.75. The predicted molar refractivity (Wildman–Crippen MR) is 63.6 cm³/mol. The van der Waals surface area contributed by atoms with Crippen LogP contribution in [0.1, 0.15) is 17.0 Å². The molecule has 0 saturated heterocycles. The van der Waals surface area contributed by atoms with Gasteiger partial charge in [-0.25, -0.2) is 0 Å². The van der Waals surface area contributed by atoms with Crippen molar-refractivity contribution in [1.82, 2.24) is 0 Å². The van der Waals surface area contributed by atoms with Crippen LogP contribution >= 0.6 is 0 Å². The molecule has 1 aliphatic rings. The number of benzene rings is 2. The van der Waals surface area contributed by atoms with E-state index in [1.807, 2.05) is 24.3 Å². The molecule has 86 valence electrons. The number of aromatic hydroxyl groups is 2. The Balaban J connectivity index is 2.04. The molecule has 2 aromatic rings. The molecule has 1 unspecified atom stereocenters. The number of hydrogen-bond acceptors (Lipinski definition) is 3. The molecule has 17 heavy (non-hydrogen) atoms. The third kappa shape index (κ3) is 1.60. The molecule has 0 amide bonds. The summed E-state index contributed by atoms with van der Waals surface area (Å²) >= 11 is 0. The largest absolute Gasteiger partial charge is 0.508 e. The maximum atomic E-state index is 9.68. The molecule has 0 aromatic heterocycles. The Bertz CT molecular complexity index is 546. The second-order valence-electron chi connectivity index (χ2n) is 4.15. The second kappa shape index (κ2) is 3.70. The van der Waals surface area contributed by atoms with E-state index >= 15 is 0 Å². The maximum absolute atomic E-state index is 9.68. The maximum Gasteiger partial charge on any atom is 0.164 e. The molecule has 3 nitrogen and oxygen atoms in total. The van der Waals surface area contributed by atoms with Crippen LogP contribution < -0.4 is 4.74 Å². The lowest BCUT2D eigenvalue weighted by atomic mass is 9.93. The van der Waals surface area contributed by atoms with E-state index < -0.39 is 0 Å². The summed E-state index contributed by atoms with van der Waals surface area (Å²) in [4.78, 5) is 0. The van der Waals surface area contributed by atoms with Gasteiger partial charge in [-0.1, -0.05) is 24.3 Å². The first-order valence-corrected chi connectivity index (χ1v) is 5.49. The molecular weight excluding hydrogens is 216 g/mol. The SMILES string of the molecule is Oc1ccc(C2COc3c(O)cccc32)cc1. The van der Waals surface area contributed by atoms with Crippen molar-refractivity contribution in [3.05, 3.63) is 53.6 Å². The Hall–Kier alpha value is -2.16. The van der Waals surface area contributed by atoms with Gasteiger partial charge in [0.25, 0.3) is 0 Å². The molecule has 0 bridgehead atoms. The first kappa shape index (κ1) is 10.0. The van der Waals surface area contributed by atoms with Crippen molar-refractivity contribution < 1.29 is 14.9 Å². The average molecular weight is 228 g/mol. The van der Waals surface area contributed by atoms with Gasteiger partial charge in [0.2, 0.25) is 0 Å². The summed E-state index contributed by atoms with van der Waals surface area (Å²) in [7, 11) is 0. The summed E-state index contributed by atoms with van der Waals surface area (Å²) < 4.78 is 5.51. The lowest BCUT2D eigenvalue weighted by Gasteiger charge is -2.09. The minimum Gasteiger partial charge on any atom is -0.508 e. The van der Waals surface area contributed by atoms with Crippen LogP contribution in [-0.4, -0.2) is 16.8 Å². The van der Waals surface area contributed by atoms with Crippen LogP contribution in [0.3, 0.4) is 0 Å². The lowest BCUT2D eigenvalue weighted by Crippen LogP contribution is -2.01. The molecule has 1 aliphatic heterocycles. The van der Waals surface area contributed by atoms with E-state index in [1.165, 1.54) is 0 Å². The molecule has 1 atom stereocenters. The van der Waals surface area contributed by atoms with Gasteiger partial charge < -0.3 is 14.9 Å². The first-order chi connectivity index (χ1) is 8.25. The van der Waals surface area contributed by atoms with Crippen LogP contribution in [0.25, 0.3) is 0 Å². The summed E-state index contributed by atoms with van der Waals surface area (Å²) in [6.45, 7) is 0.525. The van der Waals surface area contributed by atoms with Crippen LogP contribution in [0, 0.1) is 0 Å². The zero-order valence-corrected chi connectivity index (χ0v) is 9.13. The van der Waals surface area contributed by atoms with E-state index in [0.29, 0.717) is 12.4 Å². The van der Waals surface area contributed by atoms with Crippen molar-refractivity contribution >= 4 is 0 Å². The number of phenolic OH excluding ortho intramolecular Hbond substituents is 2. The summed E-state index contributed by atoms with van der Waals surface area (Å²) in [6.07, 6.45) is 0. The van der Waals surface area contributed by atoms with E-state index in [2.05, 4.69) is 0 Å². The molecule has 0 aliphatic carbocycles. The van der Waals surface area contributed by atoms with Gasteiger partial charge in [-0.2, -0.15) is 0 Å². The van der Waals surface area contributed by atoms with Gasteiger partial charge in [-0.3, -0.25) is 0 Å². The van der Waals surface area contributed by atoms with E-state index in [1.54, 1.807) is 18.2 Å². The standard InChI is InChI=1S/C14H12O3/c15-10-6-4-9(5-7-10)12-8-17-14-11(12)2-1-3-13(14)16/h1-7,12,15-16H,8H2. The molecule has 0 spiro atoms. The van der Waals surface area contributed by atoms with Gasteiger partial charge in [0.05, 0.1) is 6.61 Å². The Labute approximate surface area is 98.9 Å². The van der Waals surface area contributed by atoms with Gasteiger partial charge in [-0.05, 0) is 23.8 Å². The zero-order chi connectivity index (χ0) is 11.8. The minimum atomic E-state index is 0.123. The first-order valence-electron chi connectivity index (χ1n) is 5.49. The quantitative estimate of drug-likeness (QED) is 0.788. The van der Waals surface area contributed by atoms with Gasteiger partial charge in [0, 0.05) is 11.5 Å². The number of rotatable bonds is 1. The molecule has 3 rings (SSSR count). The predicted octanol–water partition coefficient (Wildman–Crippen LogP) is 2.62. The topological polar surface area (TPSA) is 49.7 Å². The van der Waals surface area contributed by atoms with Crippen LogP contribution in [0.15, 0.2) is 42.5 Å². The van der Waals surface area contributed by atoms with E-state index in [0.717, 1.165) is 11.1 Å². The third-order valence-corrected chi connectivity index (χ3v) is 3.09. The van der Waals surface area contributed by atoms with Crippen LogP contribution in [0.4, 0.5) is 0 Å². The fourth-order valence-electron chi connectivity index (χ4n) is 2.21. The fraction of sp³-hybridized carbons (Fsp3) is 0.143. The number of hydrogen-bond donors (Lipinski definition) is 2. The highest BCUT2D eigenvalue weighted by molar-refractivity contribution is 5.53. The van der Waals surface area contributed by atoms with Crippen LogP contribution in [-0.2, 0) is 0 Å². The monoisotopic (exact) mass is 228 g/mol. The molecular formula is C14H12O3. The summed E-state index contributed by atoms with van der Waals surface area (Å²) in [5.41, 5.74) is 2.07. The lowest BCUT2D eigenvalue weighted by molar-refractivity contribution is 0.324. The second-order valence-corrected chi connectivity index (χ2v) is 4.15. The van der Waals surface area contributed by atoms with Crippen LogP contribution in [0.2, 0.25) is 0 Å². The zero-order valence-electron chi connectivity index (χ0n) is 9.13. The van der Waals surface area contributed by atoms with Crippen molar-refractivity contribution in [2.24, 2.45) is 0 Å². The Morgan fingerprint density at radius 1 is 1.00 bits per heavy atom. The summed E-state index contributed by atoms with van der Waals surface area (Å²) in [6, 6.07) is 12.5. The fourth-order valence-corrected chi connectivity index (χ4v) is 2.21. The highest BCUT2D eigenvalue weighted by Gasteiger charge is 2.27.